The Morgan fingerprint density at radius 3 is 2.94 bits per heavy atom. The summed E-state index contributed by atoms with van der Waals surface area (Å²) in [4.78, 5) is 25.1. The number of likely N-dealkylation sites (tertiary alicyclic amines) is 1. The molecular weight excluding hydrogens is 230 g/mol. The lowest BCUT2D eigenvalue weighted by Gasteiger charge is -2.12. The molecule has 1 aromatic rings. The summed E-state index contributed by atoms with van der Waals surface area (Å²) in [5, 5.41) is 4.44. The summed E-state index contributed by atoms with van der Waals surface area (Å²) < 4.78 is 1.54. The van der Waals surface area contributed by atoms with Crippen molar-refractivity contribution in [2.45, 2.75) is 32.2 Å². The minimum atomic E-state index is -0.0300. The van der Waals surface area contributed by atoms with Crippen LogP contribution < -0.4 is 5.56 Å². The maximum absolute atomic E-state index is 11.9. The van der Waals surface area contributed by atoms with Crippen molar-refractivity contribution in [2.75, 3.05) is 13.6 Å². The normalized spacial score (nSPS) is 22.6. The molecule has 1 atom stereocenters. The second kappa shape index (κ2) is 4.23. The van der Waals surface area contributed by atoms with Crippen LogP contribution in [0, 0.1) is 5.92 Å². The van der Waals surface area contributed by atoms with Crippen LogP contribution in [0.15, 0.2) is 10.9 Å². The van der Waals surface area contributed by atoms with E-state index in [4.69, 9.17) is 0 Å². The van der Waals surface area contributed by atoms with E-state index in [0.29, 0.717) is 13.0 Å². The highest BCUT2D eigenvalue weighted by atomic mass is 16.2. The molecule has 5 heteroatoms. The predicted molar refractivity (Wildman–Crippen MR) is 66.3 cm³/mol. The van der Waals surface area contributed by atoms with Gasteiger partial charge in [-0.1, -0.05) is 0 Å². The highest BCUT2D eigenvalue weighted by Gasteiger charge is 2.27. The van der Waals surface area contributed by atoms with Crippen LogP contribution in [0.2, 0.25) is 0 Å². The van der Waals surface area contributed by atoms with Crippen LogP contribution in [0.4, 0.5) is 0 Å². The highest BCUT2D eigenvalue weighted by Crippen LogP contribution is 2.19. The van der Waals surface area contributed by atoms with Gasteiger partial charge in [-0.3, -0.25) is 9.59 Å². The van der Waals surface area contributed by atoms with E-state index in [9.17, 15) is 9.59 Å². The lowest BCUT2D eigenvalue weighted by Crippen LogP contribution is -2.28. The third-order valence-corrected chi connectivity index (χ3v) is 3.88. The van der Waals surface area contributed by atoms with Crippen LogP contribution in [-0.4, -0.2) is 34.2 Å². The van der Waals surface area contributed by atoms with Gasteiger partial charge in [-0.15, -0.1) is 0 Å². The number of carbonyl (C=O) groups excluding carboxylic acids is 1. The minimum Gasteiger partial charge on any atom is -0.345 e. The number of rotatable bonds is 2. The lowest BCUT2D eigenvalue weighted by atomic mass is 10.1. The quantitative estimate of drug-likeness (QED) is 0.750. The molecule has 96 valence electrons. The van der Waals surface area contributed by atoms with Crippen molar-refractivity contribution in [3.63, 3.8) is 0 Å². The standard InChI is InChI=1S/C13H17N3O2/c1-15-7-9(5-12(15)17)8-16-13(18)6-10-3-2-4-11(10)14-16/h6,9H,2-5,7-8H2,1H3. The molecule has 0 N–H and O–H groups in total. The molecule has 1 saturated heterocycles. The molecule has 2 aliphatic rings. The second-order valence-electron chi connectivity index (χ2n) is 5.33. The summed E-state index contributed by atoms with van der Waals surface area (Å²) in [6.07, 6.45) is 3.57. The van der Waals surface area contributed by atoms with E-state index in [1.54, 1.807) is 22.7 Å². The number of fused-ring (bicyclic) bond motifs is 1. The van der Waals surface area contributed by atoms with Gasteiger partial charge in [-0.2, -0.15) is 5.10 Å². The van der Waals surface area contributed by atoms with Crippen LogP contribution >= 0.6 is 0 Å². The van der Waals surface area contributed by atoms with Crippen LogP contribution in [0.25, 0.3) is 0 Å². The number of aromatic nitrogens is 2. The van der Waals surface area contributed by atoms with Gasteiger partial charge < -0.3 is 4.90 Å². The SMILES string of the molecule is CN1CC(Cn2nc3c(cc2=O)CCC3)CC1=O. The average molecular weight is 247 g/mol. The Bertz CT molecular complexity index is 550. The molecule has 18 heavy (non-hydrogen) atoms. The molecule has 5 nitrogen and oxygen atoms in total. The topological polar surface area (TPSA) is 55.2 Å². The van der Waals surface area contributed by atoms with Crippen LogP contribution in [0.3, 0.4) is 0 Å². The van der Waals surface area contributed by atoms with Crippen LogP contribution in [0.5, 0.6) is 0 Å². The summed E-state index contributed by atoms with van der Waals surface area (Å²) in [5.74, 6) is 0.376. The molecule has 0 radical (unpaired) electrons. The fourth-order valence-corrected chi connectivity index (χ4v) is 2.89. The van der Waals surface area contributed by atoms with Gasteiger partial charge in [0.15, 0.2) is 0 Å². The third-order valence-electron chi connectivity index (χ3n) is 3.88. The molecule has 3 rings (SSSR count). The molecule has 1 amide bonds. The average Bonchev–Trinajstić information content (AvgIpc) is 2.87. The van der Waals surface area contributed by atoms with E-state index < -0.39 is 0 Å². The summed E-state index contributed by atoms with van der Waals surface area (Å²) in [7, 11) is 1.81. The van der Waals surface area contributed by atoms with Crippen molar-refractivity contribution in [1.82, 2.24) is 14.7 Å². The molecule has 0 saturated carbocycles. The van der Waals surface area contributed by atoms with Crippen molar-refractivity contribution in [1.29, 1.82) is 0 Å². The van der Waals surface area contributed by atoms with Gasteiger partial charge in [0, 0.05) is 38.5 Å². The van der Waals surface area contributed by atoms with Crippen molar-refractivity contribution >= 4 is 5.91 Å². The number of carbonyl (C=O) groups is 1. The van der Waals surface area contributed by atoms with Crippen molar-refractivity contribution in [3.05, 3.63) is 27.7 Å². The molecule has 0 bridgehead atoms. The first-order chi connectivity index (χ1) is 8.63. The maximum atomic E-state index is 11.9. The maximum Gasteiger partial charge on any atom is 0.267 e. The summed E-state index contributed by atoms with van der Waals surface area (Å²) in [5.41, 5.74) is 2.14. The van der Waals surface area contributed by atoms with Gasteiger partial charge in [-0.25, -0.2) is 4.68 Å². The molecule has 1 aliphatic heterocycles. The van der Waals surface area contributed by atoms with Crippen molar-refractivity contribution in [2.24, 2.45) is 5.92 Å². The molecule has 0 spiro atoms. The first kappa shape index (κ1) is 11.4. The van der Waals surface area contributed by atoms with Crippen LogP contribution in [-0.2, 0) is 24.2 Å². The first-order valence-electron chi connectivity index (χ1n) is 6.47. The molecule has 1 aliphatic carbocycles. The van der Waals surface area contributed by atoms with Gasteiger partial charge in [0.1, 0.15) is 0 Å². The lowest BCUT2D eigenvalue weighted by molar-refractivity contribution is -0.126. The number of hydrogen-bond acceptors (Lipinski definition) is 3. The van der Waals surface area contributed by atoms with E-state index in [1.807, 2.05) is 0 Å². The summed E-state index contributed by atoms with van der Waals surface area (Å²) in [6.45, 7) is 1.28. The minimum absolute atomic E-state index is 0.0300. The molecule has 1 aromatic heterocycles. The molecular formula is C13H17N3O2. The number of amides is 1. The predicted octanol–water partition coefficient (Wildman–Crippen LogP) is 0.210. The Kier molecular flexibility index (Phi) is 2.69. The molecule has 1 unspecified atom stereocenters. The van der Waals surface area contributed by atoms with Gasteiger partial charge in [0.05, 0.1) is 5.69 Å². The zero-order chi connectivity index (χ0) is 12.7. The Balaban J connectivity index is 1.81. The smallest absolute Gasteiger partial charge is 0.267 e. The largest absolute Gasteiger partial charge is 0.345 e. The summed E-state index contributed by atoms with van der Waals surface area (Å²) >= 11 is 0. The monoisotopic (exact) mass is 247 g/mol. The van der Waals surface area contributed by atoms with Gasteiger partial charge in [-0.05, 0) is 24.8 Å². The molecule has 1 fully saturated rings. The van der Waals surface area contributed by atoms with E-state index in [0.717, 1.165) is 37.1 Å². The van der Waals surface area contributed by atoms with E-state index in [2.05, 4.69) is 5.10 Å². The van der Waals surface area contributed by atoms with E-state index >= 15 is 0 Å². The number of nitrogens with zero attached hydrogens (tertiary/aromatic N) is 3. The van der Waals surface area contributed by atoms with E-state index in [-0.39, 0.29) is 17.4 Å². The van der Waals surface area contributed by atoms with Gasteiger partial charge >= 0.3 is 0 Å². The zero-order valence-electron chi connectivity index (χ0n) is 10.6. The first-order valence-corrected chi connectivity index (χ1v) is 6.47. The van der Waals surface area contributed by atoms with Crippen molar-refractivity contribution < 1.29 is 4.79 Å². The molecule has 0 aromatic carbocycles. The van der Waals surface area contributed by atoms with Gasteiger partial charge in [0.25, 0.3) is 5.56 Å². The zero-order valence-corrected chi connectivity index (χ0v) is 10.6. The van der Waals surface area contributed by atoms with Crippen LogP contribution in [0.1, 0.15) is 24.1 Å². The van der Waals surface area contributed by atoms with E-state index in [1.165, 1.54) is 0 Å². The Morgan fingerprint density at radius 1 is 1.39 bits per heavy atom. The Hall–Kier alpha value is -1.65. The number of aryl methyl sites for hydroxylation is 2. The van der Waals surface area contributed by atoms with Gasteiger partial charge in [0.2, 0.25) is 5.91 Å². The Morgan fingerprint density at radius 2 is 2.22 bits per heavy atom. The second-order valence-corrected chi connectivity index (χ2v) is 5.33. The number of hydrogen-bond donors (Lipinski definition) is 0. The highest BCUT2D eigenvalue weighted by molar-refractivity contribution is 5.78. The third kappa shape index (κ3) is 1.94. The van der Waals surface area contributed by atoms with Crippen molar-refractivity contribution in [3.8, 4) is 0 Å². The fraction of sp³-hybridized carbons (Fsp3) is 0.615. The Labute approximate surface area is 105 Å². The fourth-order valence-electron chi connectivity index (χ4n) is 2.89. The summed E-state index contributed by atoms with van der Waals surface area (Å²) in [6, 6.07) is 1.72. The molecule has 2 heterocycles.